The second kappa shape index (κ2) is 7.22. The number of aliphatic hydroxyl groups is 2. The van der Waals surface area contributed by atoms with Crippen molar-refractivity contribution in [2.45, 2.75) is 38.2 Å². The molecule has 0 radical (unpaired) electrons. The van der Waals surface area contributed by atoms with Gasteiger partial charge in [-0.1, -0.05) is 0 Å². The summed E-state index contributed by atoms with van der Waals surface area (Å²) in [4.78, 5) is 15.7. The molecule has 2 saturated heterocycles. The second-order valence-corrected chi connectivity index (χ2v) is 5.85. The molecule has 2 aliphatic heterocycles. The molecule has 2 rings (SSSR count). The van der Waals surface area contributed by atoms with Crippen LogP contribution in [0.15, 0.2) is 0 Å². The number of β-amino-alcohol motifs (C(OH)–C–C–N with tert-alkyl or cyclic N) is 1. The zero-order valence-electron chi connectivity index (χ0n) is 11.6. The van der Waals surface area contributed by atoms with Crippen molar-refractivity contribution >= 4 is 5.91 Å². The highest BCUT2D eigenvalue weighted by atomic mass is 16.3. The van der Waals surface area contributed by atoms with E-state index in [0.717, 1.165) is 58.3 Å². The van der Waals surface area contributed by atoms with Crippen molar-refractivity contribution in [3.05, 3.63) is 0 Å². The standard InChI is InChI=1S/C14H26N2O3/c17-11-13(18)10-15-7-3-12(4-8-15)5-9-16-6-1-2-14(16)19/h12-13,17-18H,1-11H2. The van der Waals surface area contributed by atoms with Crippen LogP contribution in [0.2, 0.25) is 0 Å². The molecule has 0 aliphatic carbocycles. The maximum absolute atomic E-state index is 11.5. The molecule has 5 heteroatoms. The molecule has 0 aromatic heterocycles. The van der Waals surface area contributed by atoms with Gasteiger partial charge in [0, 0.05) is 26.1 Å². The van der Waals surface area contributed by atoms with E-state index in [1.54, 1.807) is 0 Å². The van der Waals surface area contributed by atoms with Gasteiger partial charge in [-0.2, -0.15) is 0 Å². The number of rotatable bonds is 6. The number of carbonyl (C=O) groups excluding carboxylic acids is 1. The average molecular weight is 270 g/mol. The van der Waals surface area contributed by atoms with E-state index in [1.807, 2.05) is 4.90 Å². The highest BCUT2D eigenvalue weighted by molar-refractivity contribution is 5.77. The normalized spacial score (nSPS) is 24.1. The quantitative estimate of drug-likeness (QED) is 0.716. The van der Waals surface area contributed by atoms with Gasteiger partial charge in [0.1, 0.15) is 0 Å². The lowest BCUT2D eigenvalue weighted by Crippen LogP contribution is -2.40. The minimum atomic E-state index is -0.612. The minimum Gasteiger partial charge on any atom is -0.394 e. The van der Waals surface area contributed by atoms with Crippen LogP contribution in [-0.4, -0.2) is 71.4 Å². The van der Waals surface area contributed by atoms with Crippen molar-refractivity contribution in [1.82, 2.24) is 9.80 Å². The number of likely N-dealkylation sites (tertiary alicyclic amines) is 2. The van der Waals surface area contributed by atoms with E-state index < -0.39 is 6.10 Å². The summed E-state index contributed by atoms with van der Waals surface area (Å²) in [6.45, 7) is 4.28. The summed E-state index contributed by atoms with van der Waals surface area (Å²) in [5, 5.41) is 18.2. The molecule has 0 aromatic carbocycles. The van der Waals surface area contributed by atoms with E-state index in [0.29, 0.717) is 18.4 Å². The number of piperidine rings is 1. The van der Waals surface area contributed by atoms with Gasteiger partial charge in [0.2, 0.25) is 5.91 Å². The van der Waals surface area contributed by atoms with Gasteiger partial charge in [-0.3, -0.25) is 4.79 Å². The Kier molecular flexibility index (Phi) is 5.60. The fraction of sp³-hybridized carbons (Fsp3) is 0.929. The van der Waals surface area contributed by atoms with E-state index >= 15 is 0 Å². The maximum Gasteiger partial charge on any atom is 0.222 e. The summed E-state index contributed by atoms with van der Waals surface area (Å²) in [5.74, 6) is 1.03. The van der Waals surface area contributed by atoms with Gasteiger partial charge in [-0.15, -0.1) is 0 Å². The molecule has 0 aromatic rings. The number of hydrogen-bond acceptors (Lipinski definition) is 4. The topological polar surface area (TPSA) is 64.0 Å². The van der Waals surface area contributed by atoms with Crippen LogP contribution in [0.3, 0.4) is 0 Å². The molecule has 5 nitrogen and oxygen atoms in total. The molecule has 1 unspecified atom stereocenters. The first-order valence-corrected chi connectivity index (χ1v) is 7.48. The highest BCUT2D eigenvalue weighted by Crippen LogP contribution is 2.22. The molecule has 0 bridgehead atoms. The van der Waals surface area contributed by atoms with Crippen molar-refractivity contribution in [2.24, 2.45) is 5.92 Å². The van der Waals surface area contributed by atoms with Gasteiger partial charge in [-0.25, -0.2) is 0 Å². The first-order chi connectivity index (χ1) is 9.19. The van der Waals surface area contributed by atoms with Crippen molar-refractivity contribution in [3.63, 3.8) is 0 Å². The molecule has 2 aliphatic rings. The summed E-state index contributed by atoms with van der Waals surface area (Å²) < 4.78 is 0. The molecule has 2 N–H and O–H groups in total. The van der Waals surface area contributed by atoms with E-state index in [-0.39, 0.29) is 6.61 Å². The lowest BCUT2D eigenvalue weighted by atomic mass is 9.93. The predicted molar refractivity (Wildman–Crippen MR) is 72.7 cm³/mol. The second-order valence-electron chi connectivity index (χ2n) is 5.85. The number of nitrogens with zero attached hydrogens (tertiary/aromatic N) is 2. The van der Waals surface area contributed by atoms with Crippen molar-refractivity contribution in [3.8, 4) is 0 Å². The van der Waals surface area contributed by atoms with Crippen molar-refractivity contribution < 1.29 is 15.0 Å². The summed E-state index contributed by atoms with van der Waals surface area (Å²) in [6, 6.07) is 0. The summed E-state index contributed by atoms with van der Waals surface area (Å²) in [6.07, 6.45) is 4.54. The number of hydrogen-bond donors (Lipinski definition) is 2. The lowest BCUT2D eigenvalue weighted by molar-refractivity contribution is -0.127. The smallest absolute Gasteiger partial charge is 0.222 e. The SMILES string of the molecule is O=C1CCCN1CCC1CCN(CC(O)CO)CC1. The van der Waals surface area contributed by atoms with Gasteiger partial charge in [0.25, 0.3) is 0 Å². The van der Waals surface area contributed by atoms with Gasteiger partial charge in [-0.05, 0) is 44.7 Å². The highest BCUT2D eigenvalue weighted by Gasteiger charge is 2.24. The maximum atomic E-state index is 11.5. The summed E-state index contributed by atoms with van der Waals surface area (Å²) >= 11 is 0. The molecular formula is C14H26N2O3. The molecule has 2 heterocycles. The number of amides is 1. The lowest BCUT2D eigenvalue weighted by Gasteiger charge is -2.33. The Balaban J connectivity index is 1.62. The third kappa shape index (κ3) is 4.44. The minimum absolute atomic E-state index is 0.156. The van der Waals surface area contributed by atoms with Crippen LogP contribution in [0, 0.1) is 5.92 Å². The van der Waals surface area contributed by atoms with E-state index in [2.05, 4.69) is 4.90 Å². The molecule has 0 spiro atoms. The van der Waals surface area contributed by atoms with Crippen LogP contribution >= 0.6 is 0 Å². The van der Waals surface area contributed by atoms with Gasteiger partial charge >= 0.3 is 0 Å². The van der Waals surface area contributed by atoms with Crippen LogP contribution < -0.4 is 0 Å². The van der Waals surface area contributed by atoms with Crippen LogP contribution in [-0.2, 0) is 4.79 Å². The van der Waals surface area contributed by atoms with Crippen LogP contribution in [0.5, 0.6) is 0 Å². The molecule has 19 heavy (non-hydrogen) atoms. The van der Waals surface area contributed by atoms with Gasteiger partial charge in [0.05, 0.1) is 12.7 Å². The van der Waals surface area contributed by atoms with E-state index in [4.69, 9.17) is 5.11 Å². The Bertz CT molecular complexity index is 290. The molecule has 1 atom stereocenters. The first-order valence-electron chi connectivity index (χ1n) is 7.48. The zero-order chi connectivity index (χ0) is 13.7. The zero-order valence-corrected chi connectivity index (χ0v) is 11.6. The third-order valence-electron chi connectivity index (χ3n) is 4.37. The van der Waals surface area contributed by atoms with Gasteiger partial charge < -0.3 is 20.0 Å². The molecule has 2 fully saturated rings. The Hall–Kier alpha value is -0.650. The van der Waals surface area contributed by atoms with E-state index in [9.17, 15) is 9.90 Å². The summed E-state index contributed by atoms with van der Waals surface area (Å²) in [7, 11) is 0. The number of aliphatic hydroxyl groups excluding tert-OH is 2. The Morgan fingerprint density at radius 1 is 1.26 bits per heavy atom. The molecule has 1 amide bonds. The van der Waals surface area contributed by atoms with Crippen LogP contribution in [0.1, 0.15) is 32.1 Å². The molecule has 0 saturated carbocycles. The average Bonchev–Trinajstić information content (AvgIpc) is 2.83. The molecule has 110 valence electrons. The summed E-state index contributed by atoms with van der Waals surface area (Å²) in [5.41, 5.74) is 0. The Labute approximate surface area is 115 Å². The van der Waals surface area contributed by atoms with Gasteiger partial charge in [0.15, 0.2) is 0 Å². The Morgan fingerprint density at radius 3 is 2.58 bits per heavy atom. The fourth-order valence-corrected chi connectivity index (χ4v) is 3.09. The van der Waals surface area contributed by atoms with Crippen molar-refractivity contribution in [1.29, 1.82) is 0 Å². The van der Waals surface area contributed by atoms with Crippen LogP contribution in [0.25, 0.3) is 0 Å². The largest absolute Gasteiger partial charge is 0.394 e. The Morgan fingerprint density at radius 2 is 2.00 bits per heavy atom. The van der Waals surface area contributed by atoms with E-state index in [1.165, 1.54) is 0 Å². The number of carbonyl (C=O) groups is 1. The monoisotopic (exact) mass is 270 g/mol. The van der Waals surface area contributed by atoms with Crippen molar-refractivity contribution in [2.75, 3.05) is 39.3 Å². The third-order valence-corrected chi connectivity index (χ3v) is 4.37. The predicted octanol–water partition coefficient (Wildman–Crippen LogP) is 0.0641. The first kappa shape index (κ1) is 14.8. The molecular weight excluding hydrogens is 244 g/mol. The van der Waals surface area contributed by atoms with Crippen LogP contribution in [0.4, 0.5) is 0 Å². The fourth-order valence-electron chi connectivity index (χ4n) is 3.09.